The highest BCUT2D eigenvalue weighted by molar-refractivity contribution is 5.24. The largest absolute Gasteiger partial charge is 0.482 e. The highest BCUT2D eigenvalue weighted by Gasteiger charge is 2.09. The topological polar surface area (TPSA) is 45.0 Å². The summed E-state index contributed by atoms with van der Waals surface area (Å²) < 4.78 is 5.02. The molecular weight excluding hydrogens is 140 g/mol. The summed E-state index contributed by atoms with van der Waals surface area (Å²) >= 11 is 0. The summed E-state index contributed by atoms with van der Waals surface area (Å²) in [5, 5.41) is 11.8. The second-order valence-electron chi connectivity index (χ2n) is 2.51. The molecule has 3 heteroatoms. The maximum absolute atomic E-state index is 8.69. The van der Waals surface area contributed by atoms with Gasteiger partial charge in [0, 0.05) is 6.54 Å². The third-order valence-corrected chi connectivity index (χ3v) is 1.75. The second kappa shape index (κ2) is 3.87. The Bertz CT molecular complexity index is 203. The van der Waals surface area contributed by atoms with Crippen LogP contribution in [0.4, 0.5) is 0 Å². The average Bonchev–Trinajstić information content (AvgIpc) is 2.27. The fraction of sp³-hybridized carbons (Fsp3) is 0.625. The lowest BCUT2D eigenvalue weighted by atomic mass is 10.1. The normalized spacial score (nSPS) is 18.2. The molecule has 0 spiro atoms. The molecule has 0 unspecified atom stereocenters. The van der Waals surface area contributed by atoms with Crippen LogP contribution in [0.3, 0.4) is 0 Å². The Morgan fingerprint density at radius 1 is 1.55 bits per heavy atom. The summed E-state index contributed by atoms with van der Waals surface area (Å²) in [6, 6.07) is 2.14. The van der Waals surface area contributed by atoms with Crippen molar-refractivity contribution in [1.29, 1.82) is 5.26 Å². The lowest BCUT2D eigenvalue weighted by Crippen LogP contribution is -2.15. The monoisotopic (exact) mass is 152 g/mol. The molecule has 0 atom stereocenters. The molecule has 0 fully saturated rings. The van der Waals surface area contributed by atoms with Crippen LogP contribution in [0, 0.1) is 11.3 Å². The lowest BCUT2D eigenvalue weighted by molar-refractivity contribution is 0.260. The highest BCUT2D eigenvalue weighted by atomic mass is 16.5. The van der Waals surface area contributed by atoms with Crippen LogP contribution in [0.15, 0.2) is 11.5 Å². The lowest BCUT2D eigenvalue weighted by Gasteiger charge is -2.06. The van der Waals surface area contributed by atoms with Gasteiger partial charge in [0.1, 0.15) is 6.07 Å². The maximum Gasteiger partial charge on any atom is 0.200 e. The standard InChI is InChI=1S/C8H12N2O/c1-11-8-7(6-9)4-2-3-5-10-8/h10H,2-5H2,1H3. The zero-order chi connectivity index (χ0) is 8.10. The van der Waals surface area contributed by atoms with E-state index in [0.29, 0.717) is 5.88 Å². The smallest absolute Gasteiger partial charge is 0.200 e. The highest BCUT2D eigenvalue weighted by Crippen LogP contribution is 2.13. The first-order chi connectivity index (χ1) is 5.38. The van der Waals surface area contributed by atoms with Crippen molar-refractivity contribution in [2.24, 2.45) is 0 Å². The molecule has 3 nitrogen and oxygen atoms in total. The van der Waals surface area contributed by atoms with E-state index in [0.717, 1.165) is 31.4 Å². The van der Waals surface area contributed by atoms with Gasteiger partial charge in [0.15, 0.2) is 5.88 Å². The number of nitriles is 1. The first-order valence-electron chi connectivity index (χ1n) is 3.79. The van der Waals surface area contributed by atoms with Crippen molar-refractivity contribution >= 4 is 0 Å². The Balaban J connectivity index is 2.74. The minimum absolute atomic E-state index is 0.657. The molecule has 0 bridgehead atoms. The van der Waals surface area contributed by atoms with Crippen molar-refractivity contribution < 1.29 is 4.74 Å². The van der Waals surface area contributed by atoms with Crippen LogP contribution >= 0.6 is 0 Å². The van der Waals surface area contributed by atoms with E-state index in [2.05, 4.69) is 11.4 Å². The van der Waals surface area contributed by atoms with Crippen molar-refractivity contribution in [2.75, 3.05) is 13.7 Å². The van der Waals surface area contributed by atoms with Crippen LogP contribution in [0.25, 0.3) is 0 Å². The Hall–Kier alpha value is -1.17. The van der Waals surface area contributed by atoms with Gasteiger partial charge in [-0.15, -0.1) is 0 Å². The van der Waals surface area contributed by atoms with Crippen molar-refractivity contribution in [3.8, 4) is 6.07 Å². The van der Waals surface area contributed by atoms with Crippen molar-refractivity contribution in [2.45, 2.75) is 19.3 Å². The fourth-order valence-corrected chi connectivity index (χ4v) is 1.15. The van der Waals surface area contributed by atoms with E-state index >= 15 is 0 Å². The van der Waals surface area contributed by atoms with Crippen LogP contribution in [0.5, 0.6) is 0 Å². The Morgan fingerprint density at radius 2 is 2.36 bits per heavy atom. The number of hydrogen-bond acceptors (Lipinski definition) is 3. The zero-order valence-electron chi connectivity index (χ0n) is 6.68. The molecule has 1 aliphatic heterocycles. The van der Waals surface area contributed by atoms with Crippen molar-refractivity contribution in [3.63, 3.8) is 0 Å². The summed E-state index contributed by atoms with van der Waals surface area (Å²) in [4.78, 5) is 0. The SMILES string of the molecule is COC1=C(C#N)CCCCN1. The molecule has 1 heterocycles. The van der Waals surface area contributed by atoms with E-state index in [-0.39, 0.29) is 0 Å². The van der Waals surface area contributed by atoms with Gasteiger partial charge in [-0.05, 0) is 19.3 Å². The third kappa shape index (κ3) is 1.87. The number of methoxy groups -OCH3 is 1. The molecule has 0 aliphatic carbocycles. The first-order valence-corrected chi connectivity index (χ1v) is 3.79. The molecule has 0 amide bonds. The van der Waals surface area contributed by atoms with Gasteiger partial charge in [0.2, 0.25) is 0 Å². The predicted molar refractivity (Wildman–Crippen MR) is 41.5 cm³/mol. The van der Waals surface area contributed by atoms with Gasteiger partial charge in [-0.2, -0.15) is 5.26 Å². The molecule has 11 heavy (non-hydrogen) atoms. The van der Waals surface area contributed by atoms with Crippen LogP contribution in [-0.4, -0.2) is 13.7 Å². The molecule has 1 rings (SSSR count). The summed E-state index contributed by atoms with van der Waals surface area (Å²) in [6.07, 6.45) is 3.02. The van der Waals surface area contributed by atoms with E-state index < -0.39 is 0 Å². The Morgan fingerprint density at radius 3 is 3.00 bits per heavy atom. The van der Waals surface area contributed by atoms with Crippen LogP contribution in [0.1, 0.15) is 19.3 Å². The Kier molecular flexibility index (Phi) is 2.79. The van der Waals surface area contributed by atoms with E-state index in [1.54, 1.807) is 7.11 Å². The Labute approximate surface area is 66.7 Å². The molecule has 60 valence electrons. The minimum Gasteiger partial charge on any atom is -0.482 e. The predicted octanol–water partition coefficient (Wildman–Crippen LogP) is 1.14. The van der Waals surface area contributed by atoms with Crippen LogP contribution in [-0.2, 0) is 4.74 Å². The average molecular weight is 152 g/mol. The van der Waals surface area contributed by atoms with Gasteiger partial charge in [-0.1, -0.05) is 0 Å². The van der Waals surface area contributed by atoms with E-state index in [1.807, 2.05) is 0 Å². The molecule has 0 radical (unpaired) electrons. The first kappa shape index (κ1) is 7.93. The van der Waals surface area contributed by atoms with Crippen LogP contribution < -0.4 is 5.32 Å². The van der Waals surface area contributed by atoms with E-state index in [1.165, 1.54) is 0 Å². The second-order valence-corrected chi connectivity index (χ2v) is 2.51. The van der Waals surface area contributed by atoms with Gasteiger partial charge in [0.25, 0.3) is 0 Å². The molecule has 0 aromatic rings. The van der Waals surface area contributed by atoms with Crippen LogP contribution in [0.2, 0.25) is 0 Å². The van der Waals surface area contributed by atoms with Gasteiger partial charge < -0.3 is 10.1 Å². The molecule has 0 aromatic heterocycles. The molecule has 0 saturated carbocycles. The van der Waals surface area contributed by atoms with Gasteiger partial charge >= 0.3 is 0 Å². The number of hydrogen-bond donors (Lipinski definition) is 1. The minimum atomic E-state index is 0.657. The van der Waals surface area contributed by atoms with Crippen molar-refractivity contribution in [3.05, 3.63) is 11.5 Å². The number of allylic oxidation sites excluding steroid dienone is 1. The number of nitrogens with one attached hydrogen (secondary N) is 1. The molecule has 0 aromatic carbocycles. The quantitative estimate of drug-likeness (QED) is 0.612. The summed E-state index contributed by atoms with van der Waals surface area (Å²) in [5.41, 5.74) is 0.741. The summed E-state index contributed by atoms with van der Waals surface area (Å²) in [7, 11) is 1.59. The molecule has 0 saturated heterocycles. The number of nitrogens with zero attached hydrogens (tertiary/aromatic N) is 1. The summed E-state index contributed by atoms with van der Waals surface area (Å²) in [6.45, 7) is 0.911. The summed E-state index contributed by atoms with van der Waals surface area (Å²) in [5.74, 6) is 0.657. The molecular formula is C8H12N2O. The molecule has 1 N–H and O–H groups in total. The van der Waals surface area contributed by atoms with Gasteiger partial charge in [-0.3, -0.25) is 0 Å². The molecule has 1 aliphatic rings. The van der Waals surface area contributed by atoms with Crippen molar-refractivity contribution in [1.82, 2.24) is 5.32 Å². The number of ether oxygens (including phenoxy) is 1. The number of rotatable bonds is 1. The zero-order valence-corrected chi connectivity index (χ0v) is 6.68. The fourth-order valence-electron chi connectivity index (χ4n) is 1.15. The van der Waals surface area contributed by atoms with E-state index in [4.69, 9.17) is 10.00 Å². The van der Waals surface area contributed by atoms with E-state index in [9.17, 15) is 0 Å². The maximum atomic E-state index is 8.69. The third-order valence-electron chi connectivity index (χ3n) is 1.75. The van der Waals surface area contributed by atoms with Gasteiger partial charge in [0.05, 0.1) is 12.7 Å². The van der Waals surface area contributed by atoms with Gasteiger partial charge in [-0.25, -0.2) is 0 Å².